The molecule has 0 unspecified atom stereocenters. The predicted octanol–water partition coefficient (Wildman–Crippen LogP) is 1.86. The van der Waals surface area contributed by atoms with Crippen LogP contribution >= 0.6 is 0 Å². The second-order valence-corrected chi connectivity index (χ2v) is 7.01. The lowest BCUT2D eigenvalue weighted by atomic mass is 10.0. The highest BCUT2D eigenvalue weighted by atomic mass is 32.2. The van der Waals surface area contributed by atoms with E-state index in [0.29, 0.717) is 17.8 Å². The highest BCUT2D eigenvalue weighted by Crippen LogP contribution is 2.39. The normalized spacial score (nSPS) is 15.3. The molecule has 110 valence electrons. The van der Waals surface area contributed by atoms with Gasteiger partial charge in [0, 0.05) is 17.7 Å². The van der Waals surface area contributed by atoms with E-state index in [1.807, 2.05) is 13.8 Å². The van der Waals surface area contributed by atoms with Crippen LogP contribution in [0.4, 0.5) is 0 Å². The lowest BCUT2D eigenvalue weighted by Crippen LogP contribution is -2.15. The summed E-state index contributed by atoms with van der Waals surface area (Å²) < 4.78 is 26.3. The number of hydrogen-bond donors (Lipinski definition) is 1. The Bertz CT molecular complexity index is 865. The van der Waals surface area contributed by atoms with E-state index >= 15 is 0 Å². The molecule has 0 fully saturated rings. The van der Waals surface area contributed by atoms with Gasteiger partial charge in [0.05, 0.1) is 16.3 Å². The van der Waals surface area contributed by atoms with Crippen molar-refractivity contribution in [1.29, 1.82) is 0 Å². The molecule has 1 N–H and O–H groups in total. The van der Waals surface area contributed by atoms with Crippen molar-refractivity contribution in [3.63, 3.8) is 0 Å². The molecule has 0 aliphatic carbocycles. The lowest BCUT2D eigenvalue weighted by Gasteiger charge is -2.19. The molecule has 0 spiro atoms. The van der Waals surface area contributed by atoms with E-state index in [9.17, 15) is 18.3 Å². The SMILES string of the molecule is CCn1nc(C(=O)O)c2c1-c1cc(C)ccc1S(=O)(=O)C2. The van der Waals surface area contributed by atoms with Crippen LogP contribution in [-0.4, -0.2) is 29.3 Å². The minimum atomic E-state index is -3.54. The van der Waals surface area contributed by atoms with Crippen LogP contribution in [0.3, 0.4) is 0 Å². The third-order valence-corrected chi connectivity index (χ3v) is 5.31. The Morgan fingerprint density at radius 3 is 2.76 bits per heavy atom. The summed E-state index contributed by atoms with van der Waals surface area (Å²) in [5.74, 6) is -1.52. The molecule has 0 amide bonds. The predicted molar refractivity (Wildman–Crippen MR) is 75.9 cm³/mol. The third-order valence-electron chi connectivity index (χ3n) is 3.61. The quantitative estimate of drug-likeness (QED) is 0.914. The van der Waals surface area contributed by atoms with Crippen molar-refractivity contribution in [2.45, 2.75) is 31.0 Å². The van der Waals surface area contributed by atoms with Gasteiger partial charge in [0.25, 0.3) is 0 Å². The number of fused-ring (bicyclic) bond motifs is 3. The average Bonchev–Trinajstić information content (AvgIpc) is 2.76. The Morgan fingerprint density at radius 2 is 2.14 bits per heavy atom. The second-order valence-electron chi connectivity index (χ2n) is 5.06. The zero-order valence-corrected chi connectivity index (χ0v) is 12.4. The fourth-order valence-corrected chi connectivity index (χ4v) is 4.28. The van der Waals surface area contributed by atoms with E-state index in [0.717, 1.165) is 5.56 Å². The molecule has 0 atom stereocenters. The maximum absolute atomic E-state index is 12.4. The molecule has 0 saturated carbocycles. The highest BCUT2D eigenvalue weighted by Gasteiger charge is 2.35. The van der Waals surface area contributed by atoms with Gasteiger partial charge >= 0.3 is 5.97 Å². The number of nitrogens with zero attached hydrogens (tertiary/aromatic N) is 2. The van der Waals surface area contributed by atoms with E-state index in [1.165, 1.54) is 0 Å². The van der Waals surface area contributed by atoms with Crippen molar-refractivity contribution in [3.8, 4) is 11.3 Å². The summed E-state index contributed by atoms with van der Waals surface area (Å²) in [6.45, 7) is 4.19. The molecule has 0 bridgehead atoms. The Balaban J connectivity index is 2.44. The fraction of sp³-hybridized carbons (Fsp3) is 0.286. The molecule has 1 aromatic heterocycles. The van der Waals surface area contributed by atoms with Gasteiger partial charge < -0.3 is 5.11 Å². The number of carboxylic acids is 1. The van der Waals surface area contributed by atoms with Crippen molar-refractivity contribution < 1.29 is 18.3 Å². The zero-order chi connectivity index (χ0) is 15.4. The molecule has 3 rings (SSSR count). The maximum atomic E-state index is 12.4. The standard InChI is InChI=1S/C14H14N2O4S/c1-3-16-13-9-6-8(2)4-5-11(9)21(19,20)7-10(13)12(15-16)14(17)18/h4-6H,3,7H2,1-2H3,(H,17,18). The van der Waals surface area contributed by atoms with E-state index in [1.54, 1.807) is 22.9 Å². The molecule has 1 aliphatic rings. The highest BCUT2D eigenvalue weighted by molar-refractivity contribution is 7.90. The van der Waals surface area contributed by atoms with Gasteiger partial charge in [0.1, 0.15) is 0 Å². The lowest BCUT2D eigenvalue weighted by molar-refractivity contribution is 0.0688. The Kier molecular flexibility index (Phi) is 2.91. The first kappa shape index (κ1) is 13.8. The first-order valence-electron chi connectivity index (χ1n) is 6.52. The zero-order valence-electron chi connectivity index (χ0n) is 11.6. The summed E-state index contributed by atoms with van der Waals surface area (Å²) in [7, 11) is -3.54. The van der Waals surface area contributed by atoms with Crippen molar-refractivity contribution in [2.24, 2.45) is 0 Å². The number of rotatable bonds is 2. The first-order chi connectivity index (χ1) is 9.85. The Morgan fingerprint density at radius 1 is 1.43 bits per heavy atom. The monoisotopic (exact) mass is 306 g/mol. The van der Waals surface area contributed by atoms with Gasteiger partial charge in [-0.3, -0.25) is 4.68 Å². The molecule has 0 radical (unpaired) electrons. The van der Waals surface area contributed by atoms with E-state index in [4.69, 9.17) is 0 Å². The molecular weight excluding hydrogens is 292 g/mol. The smallest absolute Gasteiger partial charge is 0.356 e. The third kappa shape index (κ3) is 1.96. The summed E-state index contributed by atoms with van der Waals surface area (Å²) in [6, 6.07) is 5.09. The van der Waals surface area contributed by atoms with Crippen molar-refractivity contribution in [3.05, 3.63) is 35.0 Å². The van der Waals surface area contributed by atoms with Crippen LogP contribution in [0.5, 0.6) is 0 Å². The molecule has 2 aromatic rings. The number of aryl methyl sites for hydroxylation is 2. The van der Waals surface area contributed by atoms with Gasteiger partial charge in [-0.15, -0.1) is 0 Å². The Labute approximate surface area is 121 Å². The molecule has 1 aromatic carbocycles. The van der Waals surface area contributed by atoms with Gasteiger partial charge in [0.2, 0.25) is 0 Å². The number of carbonyl (C=O) groups is 1. The number of carboxylic acid groups (broad SMARTS) is 1. The van der Waals surface area contributed by atoms with Crippen molar-refractivity contribution >= 4 is 15.8 Å². The van der Waals surface area contributed by atoms with Crippen LogP contribution < -0.4 is 0 Å². The summed E-state index contributed by atoms with van der Waals surface area (Å²) >= 11 is 0. The van der Waals surface area contributed by atoms with Gasteiger partial charge in [0.15, 0.2) is 15.5 Å². The van der Waals surface area contributed by atoms with Crippen LogP contribution in [0.2, 0.25) is 0 Å². The van der Waals surface area contributed by atoms with Gasteiger partial charge in [-0.05, 0) is 26.0 Å². The topological polar surface area (TPSA) is 89.3 Å². The Hall–Kier alpha value is -2.15. The van der Waals surface area contributed by atoms with Crippen LogP contribution in [0.25, 0.3) is 11.3 Å². The minimum absolute atomic E-state index is 0.178. The minimum Gasteiger partial charge on any atom is -0.476 e. The number of sulfone groups is 1. The summed E-state index contributed by atoms with van der Waals surface area (Å²) in [6.07, 6.45) is 0. The van der Waals surface area contributed by atoms with Gasteiger partial charge in [-0.1, -0.05) is 11.6 Å². The summed E-state index contributed by atoms with van der Waals surface area (Å²) in [5.41, 5.74) is 2.16. The first-order valence-corrected chi connectivity index (χ1v) is 8.17. The number of aromatic nitrogens is 2. The number of aromatic carboxylic acids is 1. The largest absolute Gasteiger partial charge is 0.476 e. The van der Waals surface area contributed by atoms with E-state index in [2.05, 4.69) is 5.10 Å². The van der Waals surface area contributed by atoms with Crippen molar-refractivity contribution in [1.82, 2.24) is 9.78 Å². The summed E-state index contributed by atoms with van der Waals surface area (Å²) in [5, 5.41) is 13.3. The van der Waals surface area contributed by atoms with Gasteiger partial charge in [-0.25, -0.2) is 13.2 Å². The van der Waals surface area contributed by atoms with Crippen LogP contribution in [0.1, 0.15) is 28.5 Å². The molecule has 7 heteroatoms. The summed E-state index contributed by atoms with van der Waals surface area (Å²) in [4.78, 5) is 11.6. The molecule has 21 heavy (non-hydrogen) atoms. The molecular formula is C14H14N2O4S. The number of hydrogen-bond acceptors (Lipinski definition) is 4. The van der Waals surface area contributed by atoms with Crippen molar-refractivity contribution in [2.75, 3.05) is 0 Å². The molecule has 0 saturated heterocycles. The van der Waals surface area contributed by atoms with E-state index < -0.39 is 15.8 Å². The maximum Gasteiger partial charge on any atom is 0.356 e. The van der Waals surface area contributed by atoms with Crippen LogP contribution in [0, 0.1) is 6.92 Å². The van der Waals surface area contributed by atoms with E-state index in [-0.39, 0.29) is 21.9 Å². The van der Waals surface area contributed by atoms with Crippen LogP contribution in [-0.2, 0) is 22.1 Å². The fourth-order valence-electron chi connectivity index (χ4n) is 2.71. The number of benzene rings is 1. The van der Waals surface area contributed by atoms with Crippen LogP contribution in [0.15, 0.2) is 23.1 Å². The molecule has 6 nitrogen and oxygen atoms in total. The second kappa shape index (κ2) is 4.42. The van der Waals surface area contributed by atoms with Gasteiger partial charge in [-0.2, -0.15) is 5.10 Å². The molecule has 1 aliphatic heterocycles. The molecule has 2 heterocycles. The average molecular weight is 306 g/mol.